The zero-order valence-corrected chi connectivity index (χ0v) is 10.2. The molecule has 0 spiro atoms. The van der Waals surface area contributed by atoms with Crippen molar-refractivity contribution in [2.45, 2.75) is 6.92 Å². The van der Waals surface area contributed by atoms with Crippen LogP contribution in [0.5, 0.6) is 0 Å². The molecule has 0 saturated carbocycles. The van der Waals surface area contributed by atoms with E-state index < -0.39 is 0 Å². The molecule has 0 unspecified atom stereocenters. The summed E-state index contributed by atoms with van der Waals surface area (Å²) in [5.74, 6) is -0.108. The second kappa shape index (κ2) is 4.67. The lowest BCUT2D eigenvalue weighted by Gasteiger charge is -1.95. The average molecular weight is 250 g/mol. The van der Waals surface area contributed by atoms with E-state index in [4.69, 9.17) is 12.2 Å². The minimum atomic E-state index is -0.108. The van der Waals surface area contributed by atoms with Crippen LogP contribution in [0.3, 0.4) is 0 Å². The van der Waals surface area contributed by atoms with Gasteiger partial charge in [-0.05, 0) is 30.7 Å². The maximum Gasteiger partial charge on any atom is 0.263 e. The Hall–Kier alpha value is -1.33. The zero-order valence-electron chi connectivity index (χ0n) is 8.61. The summed E-state index contributed by atoms with van der Waals surface area (Å²) < 4.78 is 0.521. The van der Waals surface area contributed by atoms with E-state index in [-0.39, 0.29) is 5.91 Å². The molecule has 0 aliphatic carbocycles. The molecule has 0 radical (unpaired) electrons. The van der Waals surface area contributed by atoms with E-state index in [1.54, 1.807) is 0 Å². The molecule has 1 amide bonds. The molecule has 1 aliphatic rings. The van der Waals surface area contributed by atoms with E-state index in [9.17, 15) is 4.79 Å². The number of rotatable bonds is 2. The van der Waals surface area contributed by atoms with Crippen LogP contribution in [0.25, 0.3) is 6.08 Å². The molecule has 1 aliphatic heterocycles. The third-order valence-electron chi connectivity index (χ3n) is 2.11. The summed E-state index contributed by atoms with van der Waals surface area (Å²) in [6, 6.07) is 3.88. The molecule has 16 heavy (non-hydrogen) atoms. The van der Waals surface area contributed by atoms with Gasteiger partial charge in [0.1, 0.15) is 4.32 Å². The van der Waals surface area contributed by atoms with Crippen LogP contribution < -0.4 is 5.32 Å². The Kier molecular flexibility index (Phi) is 3.26. The number of carbonyl (C=O) groups excluding carboxylic acids is 1. The first-order chi connectivity index (χ1) is 7.66. The van der Waals surface area contributed by atoms with Gasteiger partial charge >= 0.3 is 0 Å². The predicted molar refractivity (Wildman–Crippen MR) is 70.9 cm³/mol. The minimum Gasteiger partial charge on any atom is -0.362 e. The van der Waals surface area contributed by atoms with Gasteiger partial charge in [0.25, 0.3) is 5.91 Å². The number of allylic oxidation sites excluding steroid dienone is 2. The standard InChI is InChI=1S/C11H10N2OS2/c1-7(4-5-8-3-2-6-12-8)9-10(14)13-11(15)16-9/h2-6,12H,1H3,(H,13,14,15)/b5-4+,9-7-. The molecule has 1 fully saturated rings. The van der Waals surface area contributed by atoms with Crippen LogP contribution in [-0.4, -0.2) is 15.2 Å². The van der Waals surface area contributed by atoms with Gasteiger partial charge in [0.05, 0.1) is 4.91 Å². The first-order valence-electron chi connectivity index (χ1n) is 4.72. The van der Waals surface area contributed by atoms with Crippen molar-refractivity contribution in [3.05, 3.63) is 40.6 Å². The smallest absolute Gasteiger partial charge is 0.263 e. The first-order valence-corrected chi connectivity index (χ1v) is 5.95. The van der Waals surface area contributed by atoms with E-state index in [2.05, 4.69) is 10.3 Å². The van der Waals surface area contributed by atoms with E-state index in [0.717, 1.165) is 11.3 Å². The van der Waals surface area contributed by atoms with Gasteiger partial charge in [0.15, 0.2) is 0 Å². The Balaban J connectivity index is 2.19. The molecule has 2 heterocycles. The molecule has 2 N–H and O–H groups in total. The molecule has 0 aromatic carbocycles. The van der Waals surface area contributed by atoms with Crippen LogP contribution in [-0.2, 0) is 4.79 Å². The van der Waals surface area contributed by atoms with Crippen LogP contribution in [0.4, 0.5) is 0 Å². The maximum atomic E-state index is 11.5. The normalized spacial score (nSPS) is 19.3. The number of amides is 1. The van der Waals surface area contributed by atoms with Gasteiger partial charge in [0.2, 0.25) is 0 Å². The Bertz CT molecular complexity index is 486. The lowest BCUT2D eigenvalue weighted by atomic mass is 10.2. The summed E-state index contributed by atoms with van der Waals surface area (Å²) in [5, 5.41) is 2.60. The Morgan fingerprint density at radius 1 is 1.56 bits per heavy atom. The van der Waals surface area contributed by atoms with Crippen molar-refractivity contribution in [2.24, 2.45) is 0 Å². The molecule has 82 valence electrons. The van der Waals surface area contributed by atoms with Crippen LogP contribution in [0.1, 0.15) is 12.6 Å². The van der Waals surface area contributed by atoms with Crippen molar-refractivity contribution in [3.63, 3.8) is 0 Å². The van der Waals surface area contributed by atoms with Crippen molar-refractivity contribution in [1.29, 1.82) is 0 Å². The van der Waals surface area contributed by atoms with Crippen LogP contribution in [0.2, 0.25) is 0 Å². The molecule has 3 nitrogen and oxygen atoms in total. The number of aromatic amines is 1. The first kappa shape index (κ1) is 11.2. The third kappa shape index (κ3) is 2.43. The molecule has 1 aromatic heterocycles. The third-order valence-corrected chi connectivity index (χ3v) is 3.46. The number of thioether (sulfide) groups is 1. The summed E-state index contributed by atoms with van der Waals surface area (Å²) in [7, 11) is 0. The monoisotopic (exact) mass is 250 g/mol. The van der Waals surface area contributed by atoms with E-state index in [0.29, 0.717) is 9.23 Å². The van der Waals surface area contributed by atoms with Gasteiger partial charge < -0.3 is 10.3 Å². The van der Waals surface area contributed by atoms with Gasteiger partial charge in [-0.1, -0.05) is 30.1 Å². The predicted octanol–water partition coefficient (Wildman–Crippen LogP) is 2.45. The van der Waals surface area contributed by atoms with Gasteiger partial charge in [0, 0.05) is 11.9 Å². The summed E-state index contributed by atoms with van der Waals surface area (Å²) in [5.41, 5.74) is 1.92. The van der Waals surface area contributed by atoms with Crippen molar-refractivity contribution in [2.75, 3.05) is 0 Å². The number of hydrogen-bond acceptors (Lipinski definition) is 3. The van der Waals surface area contributed by atoms with Crippen molar-refractivity contribution in [1.82, 2.24) is 10.3 Å². The van der Waals surface area contributed by atoms with Gasteiger partial charge in [-0.15, -0.1) is 0 Å². The lowest BCUT2D eigenvalue weighted by Crippen LogP contribution is -2.18. The Morgan fingerprint density at radius 3 is 2.94 bits per heavy atom. The summed E-state index contributed by atoms with van der Waals surface area (Å²) in [4.78, 5) is 15.2. The molecule has 5 heteroatoms. The molecular formula is C11H10N2OS2. The van der Waals surface area contributed by atoms with E-state index in [1.807, 2.05) is 37.4 Å². The fourth-order valence-electron chi connectivity index (χ4n) is 1.31. The van der Waals surface area contributed by atoms with Gasteiger partial charge in [-0.3, -0.25) is 4.79 Å². The minimum absolute atomic E-state index is 0.108. The Morgan fingerprint density at radius 2 is 2.38 bits per heavy atom. The second-order valence-corrected chi connectivity index (χ2v) is 5.00. The van der Waals surface area contributed by atoms with Crippen LogP contribution >= 0.6 is 24.0 Å². The van der Waals surface area contributed by atoms with Crippen molar-refractivity contribution >= 4 is 40.3 Å². The average Bonchev–Trinajstić information content (AvgIpc) is 2.84. The molecular weight excluding hydrogens is 240 g/mol. The second-order valence-electron chi connectivity index (χ2n) is 3.31. The summed E-state index contributed by atoms with van der Waals surface area (Å²) in [6.45, 7) is 1.90. The number of aromatic nitrogens is 1. The largest absolute Gasteiger partial charge is 0.362 e. The highest BCUT2D eigenvalue weighted by molar-refractivity contribution is 8.26. The topological polar surface area (TPSA) is 44.9 Å². The Labute approximate surface area is 103 Å². The highest BCUT2D eigenvalue weighted by atomic mass is 32.2. The highest BCUT2D eigenvalue weighted by Crippen LogP contribution is 2.27. The number of H-pyrrole nitrogens is 1. The molecule has 1 aromatic rings. The van der Waals surface area contributed by atoms with Crippen LogP contribution in [0, 0.1) is 0 Å². The molecule has 0 bridgehead atoms. The number of thiocarbonyl (C=S) groups is 1. The summed E-state index contributed by atoms with van der Waals surface area (Å²) in [6.07, 6.45) is 5.69. The summed E-state index contributed by atoms with van der Waals surface area (Å²) >= 11 is 6.23. The SMILES string of the molecule is CC(/C=C/c1ccc[nH]1)=C1/SC(=S)NC1=O. The molecule has 1 saturated heterocycles. The van der Waals surface area contributed by atoms with E-state index in [1.165, 1.54) is 11.8 Å². The highest BCUT2D eigenvalue weighted by Gasteiger charge is 2.23. The van der Waals surface area contributed by atoms with E-state index >= 15 is 0 Å². The lowest BCUT2D eigenvalue weighted by molar-refractivity contribution is -0.115. The zero-order chi connectivity index (χ0) is 11.5. The fraction of sp³-hybridized carbons (Fsp3) is 0.0909. The quantitative estimate of drug-likeness (QED) is 0.626. The fourth-order valence-corrected chi connectivity index (χ4v) is 2.36. The van der Waals surface area contributed by atoms with Crippen molar-refractivity contribution in [3.8, 4) is 0 Å². The number of hydrogen-bond donors (Lipinski definition) is 2. The molecule has 0 atom stereocenters. The number of nitrogens with one attached hydrogen (secondary N) is 2. The molecule has 2 rings (SSSR count). The number of carbonyl (C=O) groups is 1. The van der Waals surface area contributed by atoms with Crippen LogP contribution in [0.15, 0.2) is 34.9 Å². The van der Waals surface area contributed by atoms with Crippen molar-refractivity contribution < 1.29 is 4.79 Å². The van der Waals surface area contributed by atoms with Gasteiger partial charge in [-0.2, -0.15) is 0 Å². The maximum absolute atomic E-state index is 11.5. The van der Waals surface area contributed by atoms with Gasteiger partial charge in [-0.25, -0.2) is 0 Å².